The topological polar surface area (TPSA) is 125 Å². The summed E-state index contributed by atoms with van der Waals surface area (Å²) in [4.78, 5) is 32.6. The van der Waals surface area contributed by atoms with Crippen molar-refractivity contribution in [2.45, 2.75) is 20.3 Å². The van der Waals surface area contributed by atoms with Gasteiger partial charge in [0.15, 0.2) is 11.6 Å². The molecule has 0 bridgehead atoms. The molecule has 5 heterocycles. The summed E-state index contributed by atoms with van der Waals surface area (Å²) in [5.74, 6) is -0.708. The lowest BCUT2D eigenvalue weighted by Gasteiger charge is -2.09. The second-order valence-electron chi connectivity index (χ2n) is 9.54. The minimum absolute atomic E-state index is 0.0439. The van der Waals surface area contributed by atoms with E-state index in [1.165, 1.54) is 30.9 Å². The van der Waals surface area contributed by atoms with E-state index in [1.54, 1.807) is 30.5 Å². The Labute approximate surface area is 220 Å². The monoisotopic (exact) mass is 524 g/mol. The summed E-state index contributed by atoms with van der Waals surface area (Å²) in [7, 11) is 0. The number of imidazole rings is 1. The van der Waals surface area contributed by atoms with Crippen LogP contribution < -0.4 is 5.32 Å². The van der Waals surface area contributed by atoms with Gasteiger partial charge in [0, 0.05) is 35.5 Å². The van der Waals surface area contributed by atoms with Gasteiger partial charge < -0.3 is 10.3 Å². The Kier molecular flexibility index (Phi) is 6.02. The van der Waals surface area contributed by atoms with Gasteiger partial charge in [-0.25, -0.2) is 13.8 Å². The summed E-state index contributed by atoms with van der Waals surface area (Å²) < 4.78 is 30.5. The van der Waals surface area contributed by atoms with Gasteiger partial charge in [-0.15, -0.1) is 0 Å². The standard InChI is InChI=1S/C28H22F2N8O/c1-14(2)7-22(39)34-16-8-15(9-31-10-16)25-24(30)23-20(13-33-25)37-38-27(23)28-35-21-12-32-11-18(26(21)36-28)17-5-3-4-6-19(17)29/h3-6,8-14H,7H2,1-2H3,(H,34,39)(H,35,36)(H,37,38). The molecule has 1 amide bonds. The quantitative estimate of drug-likeness (QED) is 0.250. The molecule has 194 valence electrons. The van der Waals surface area contributed by atoms with Crippen LogP contribution in [0.25, 0.3) is 55.8 Å². The fraction of sp³-hybridized carbons (Fsp3) is 0.143. The summed E-state index contributed by atoms with van der Waals surface area (Å²) in [5.41, 5.74) is 3.35. The van der Waals surface area contributed by atoms with Crippen LogP contribution in [0, 0.1) is 17.6 Å². The van der Waals surface area contributed by atoms with Gasteiger partial charge in [0.05, 0.1) is 40.7 Å². The number of nitrogens with one attached hydrogen (secondary N) is 3. The zero-order valence-corrected chi connectivity index (χ0v) is 21.0. The van der Waals surface area contributed by atoms with E-state index in [2.05, 4.69) is 40.4 Å². The largest absolute Gasteiger partial charge is 0.335 e. The number of aromatic amines is 2. The summed E-state index contributed by atoms with van der Waals surface area (Å²) in [6.45, 7) is 3.90. The minimum atomic E-state index is -0.628. The number of hydrogen-bond acceptors (Lipinski definition) is 6. The molecule has 0 radical (unpaired) electrons. The fourth-order valence-electron chi connectivity index (χ4n) is 4.49. The zero-order chi connectivity index (χ0) is 27.1. The number of carbonyl (C=O) groups is 1. The first-order valence-electron chi connectivity index (χ1n) is 12.3. The van der Waals surface area contributed by atoms with Gasteiger partial charge in [-0.3, -0.25) is 24.8 Å². The summed E-state index contributed by atoms with van der Waals surface area (Å²) in [6, 6.07) is 7.98. The number of amides is 1. The maximum Gasteiger partial charge on any atom is 0.224 e. The number of hydrogen-bond donors (Lipinski definition) is 3. The molecule has 0 saturated carbocycles. The molecule has 6 rings (SSSR count). The molecule has 0 aliphatic rings. The van der Waals surface area contributed by atoms with Crippen molar-refractivity contribution in [2.24, 2.45) is 5.92 Å². The number of rotatable bonds is 6. The first kappa shape index (κ1) is 24.3. The molecule has 0 atom stereocenters. The number of H-pyrrole nitrogens is 2. The van der Waals surface area contributed by atoms with Crippen LogP contribution in [0.1, 0.15) is 20.3 Å². The van der Waals surface area contributed by atoms with E-state index in [-0.39, 0.29) is 34.4 Å². The van der Waals surface area contributed by atoms with Crippen molar-refractivity contribution < 1.29 is 13.6 Å². The molecule has 5 aromatic heterocycles. The zero-order valence-electron chi connectivity index (χ0n) is 21.0. The molecule has 6 aromatic rings. The second kappa shape index (κ2) is 9.67. The average Bonchev–Trinajstić information content (AvgIpc) is 3.53. The van der Waals surface area contributed by atoms with Crippen LogP contribution >= 0.6 is 0 Å². The van der Waals surface area contributed by atoms with Crippen LogP contribution in [0.5, 0.6) is 0 Å². The van der Waals surface area contributed by atoms with Crippen molar-refractivity contribution in [2.75, 3.05) is 5.32 Å². The van der Waals surface area contributed by atoms with Crippen LogP contribution in [-0.2, 0) is 4.79 Å². The van der Waals surface area contributed by atoms with Crippen molar-refractivity contribution >= 4 is 33.5 Å². The number of pyridine rings is 3. The van der Waals surface area contributed by atoms with Gasteiger partial charge in [-0.1, -0.05) is 32.0 Å². The maximum atomic E-state index is 16.0. The van der Waals surface area contributed by atoms with Gasteiger partial charge in [-0.05, 0) is 18.1 Å². The number of anilines is 1. The average molecular weight is 525 g/mol. The Morgan fingerprint density at radius 3 is 2.62 bits per heavy atom. The Bertz CT molecular complexity index is 1860. The van der Waals surface area contributed by atoms with Crippen molar-refractivity contribution in [3.63, 3.8) is 0 Å². The van der Waals surface area contributed by atoms with Gasteiger partial charge in [0.1, 0.15) is 22.7 Å². The number of fused-ring (bicyclic) bond motifs is 2. The SMILES string of the molecule is CC(C)CC(=O)Nc1cncc(-c2ncc3[nH]nc(-c4nc5c(-c6ccccc6F)cncc5[nH]4)c3c2F)c1. The van der Waals surface area contributed by atoms with Crippen molar-refractivity contribution in [3.05, 3.63) is 73.0 Å². The van der Waals surface area contributed by atoms with Crippen molar-refractivity contribution in [1.29, 1.82) is 0 Å². The highest BCUT2D eigenvalue weighted by atomic mass is 19.1. The lowest BCUT2D eigenvalue weighted by molar-refractivity contribution is -0.116. The summed E-state index contributed by atoms with van der Waals surface area (Å²) in [5, 5.41) is 10.1. The molecule has 11 heteroatoms. The van der Waals surface area contributed by atoms with E-state index >= 15 is 4.39 Å². The minimum Gasteiger partial charge on any atom is -0.335 e. The number of nitrogens with zero attached hydrogens (tertiary/aromatic N) is 5. The van der Waals surface area contributed by atoms with Gasteiger partial charge in [-0.2, -0.15) is 5.10 Å². The van der Waals surface area contributed by atoms with Gasteiger partial charge in [0.25, 0.3) is 0 Å². The van der Waals surface area contributed by atoms with Gasteiger partial charge >= 0.3 is 0 Å². The molecular weight excluding hydrogens is 502 g/mol. The maximum absolute atomic E-state index is 16.0. The molecule has 1 aromatic carbocycles. The number of aromatic nitrogens is 7. The Balaban J connectivity index is 1.43. The molecule has 0 unspecified atom stereocenters. The van der Waals surface area contributed by atoms with Crippen LogP contribution in [-0.4, -0.2) is 41.0 Å². The van der Waals surface area contributed by atoms with Crippen LogP contribution in [0.2, 0.25) is 0 Å². The molecule has 0 aliphatic carbocycles. The fourth-order valence-corrected chi connectivity index (χ4v) is 4.49. The smallest absolute Gasteiger partial charge is 0.224 e. The van der Waals surface area contributed by atoms with Crippen molar-refractivity contribution in [3.8, 4) is 33.9 Å². The molecule has 0 aliphatic heterocycles. The van der Waals surface area contributed by atoms with E-state index in [0.29, 0.717) is 45.3 Å². The highest BCUT2D eigenvalue weighted by molar-refractivity contribution is 5.98. The van der Waals surface area contributed by atoms with Gasteiger partial charge in [0.2, 0.25) is 5.91 Å². The van der Waals surface area contributed by atoms with E-state index in [0.717, 1.165) is 0 Å². The van der Waals surface area contributed by atoms with E-state index in [1.807, 2.05) is 13.8 Å². The molecule has 0 fully saturated rings. The molecular formula is C28H22F2N8O. The molecule has 39 heavy (non-hydrogen) atoms. The first-order chi connectivity index (χ1) is 18.9. The second-order valence-corrected chi connectivity index (χ2v) is 9.54. The van der Waals surface area contributed by atoms with E-state index in [9.17, 15) is 9.18 Å². The molecule has 9 nitrogen and oxygen atoms in total. The first-order valence-corrected chi connectivity index (χ1v) is 12.3. The lowest BCUT2D eigenvalue weighted by atomic mass is 10.1. The Morgan fingerprint density at radius 1 is 0.974 bits per heavy atom. The van der Waals surface area contributed by atoms with Crippen LogP contribution in [0.15, 0.2) is 61.3 Å². The van der Waals surface area contributed by atoms with Crippen LogP contribution in [0.3, 0.4) is 0 Å². The summed E-state index contributed by atoms with van der Waals surface area (Å²) in [6.07, 6.45) is 7.91. The van der Waals surface area contributed by atoms with Crippen LogP contribution in [0.4, 0.5) is 14.5 Å². The van der Waals surface area contributed by atoms with Crippen molar-refractivity contribution in [1.82, 2.24) is 35.1 Å². The highest BCUT2D eigenvalue weighted by Crippen LogP contribution is 2.35. The normalized spacial score (nSPS) is 11.5. The third kappa shape index (κ3) is 4.48. The van der Waals surface area contributed by atoms with E-state index < -0.39 is 11.6 Å². The number of benzene rings is 1. The van der Waals surface area contributed by atoms with E-state index in [4.69, 9.17) is 0 Å². The molecule has 0 saturated heterocycles. The Morgan fingerprint density at radius 2 is 1.79 bits per heavy atom. The summed E-state index contributed by atoms with van der Waals surface area (Å²) >= 11 is 0. The Hall–Kier alpha value is -5.06. The predicted molar refractivity (Wildman–Crippen MR) is 143 cm³/mol. The number of carbonyl (C=O) groups excluding carboxylic acids is 1. The molecule has 0 spiro atoms. The third-order valence-electron chi connectivity index (χ3n) is 6.22. The molecule has 3 N–H and O–H groups in total. The number of halogens is 2. The highest BCUT2D eigenvalue weighted by Gasteiger charge is 2.22. The lowest BCUT2D eigenvalue weighted by Crippen LogP contribution is -2.14. The predicted octanol–water partition coefficient (Wildman–Crippen LogP) is 5.89. The third-order valence-corrected chi connectivity index (χ3v) is 6.22.